The third-order valence-corrected chi connectivity index (χ3v) is 3.05. The monoisotopic (exact) mass is 252 g/mol. The summed E-state index contributed by atoms with van der Waals surface area (Å²) in [5.74, 6) is 0.528. The second-order valence-electron chi connectivity index (χ2n) is 5.60. The lowest BCUT2D eigenvalue weighted by atomic mass is 10.0. The number of ether oxygens (including phenoxy) is 1. The van der Waals surface area contributed by atoms with Gasteiger partial charge in [0.2, 0.25) is 0 Å². The molecule has 6 nitrogen and oxygen atoms in total. The smallest absolute Gasteiger partial charge is 0.410 e. The van der Waals surface area contributed by atoms with Gasteiger partial charge in [0, 0.05) is 12.1 Å². The Bertz CT molecular complexity index is 461. The predicted molar refractivity (Wildman–Crippen MR) is 68.1 cm³/mol. The SMILES string of the molecule is CC1c2[nH]nc(N)c2CCN1C(=O)OC(C)(C)C. The first-order chi connectivity index (χ1) is 8.29. The molecule has 0 spiro atoms. The first kappa shape index (κ1) is 12.7. The summed E-state index contributed by atoms with van der Waals surface area (Å²) in [4.78, 5) is 13.8. The number of H-pyrrole nitrogens is 1. The van der Waals surface area contributed by atoms with Crippen LogP contribution < -0.4 is 5.73 Å². The largest absolute Gasteiger partial charge is 0.444 e. The van der Waals surface area contributed by atoms with Crippen LogP contribution in [-0.2, 0) is 11.2 Å². The predicted octanol–water partition coefficient (Wildman–Crippen LogP) is 1.85. The van der Waals surface area contributed by atoms with Gasteiger partial charge in [0.25, 0.3) is 0 Å². The number of hydrogen-bond acceptors (Lipinski definition) is 4. The van der Waals surface area contributed by atoms with Crippen LogP contribution in [0.3, 0.4) is 0 Å². The third kappa shape index (κ3) is 2.27. The molecule has 1 amide bonds. The average molecular weight is 252 g/mol. The van der Waals surface area contributed by atoms with Crippen LogP contribution in [0.25, 0.3) is 0 Å². The van der Waals surface area contributed by atoms with Gasteiger partial charge in [-0.3, -0.25) is 10.00 Å². The number of rotatable bonds is 0. The van der Waals surface area contributed by atoms with Gasteiger partial charge in [-0.2, -0.15) is 5.10 Å². The Hall–Kier alpha value is -1.72. The highest BCUT2D eigenvalue weighted by atomic mass is 16.6. The molecule has 6 heteroatoms. The van der Waals surface area contributed by atoms with Crippen molar-refractivity contribution >= 4 is 11.9 Å². The van der Waals surface area contributed by atoms with E-state index in [1.807, 2.05) is 27.7 Å². The number of aromatic nitrogens is 2. The number of aromatic amines is 1. The molecule has 0 fully saturated rings. The Labute approximate surface area is 106 Å². The van der Waals surface area contributed by atoms with Gasteiger partial charge in [0.05, 0.1) is 11.7 Å². The molecule has 0 radical (unpaired) electrons. The Morgan fingerprint density at radius 2 is 2.22 bits per heavy atom. The summed E-state index contributed by atoms with van der Waals surface area (Å²) in [6.45, 7) is 8.13. The second-order valence-corrected chi connectivity index (χ2v) is 5.60. The zero-order valence-corrected chi connectivity index (χ0v) is 11.3. The fraction of sp³-hybridized carbons (Fsp3) is 0.667. The van der Waals surface area contributed by atoms with E-state index >= 15 is 0 Å². The summed E-state index contributed by atoms with van der Waals surface area (Å²) in [5.41, 5.74) is 7.21. The first-order valence-electron chi connectivity index (χ1n) is 6.12. The van der Waals surface area contributed by atoms with E-state index in [0.29, 0.717) is 18.8 Å². The van der Waals surface area contributed by atoms with Crippen LogP contribution in [0.4, 0.5) is 10.6 Å². The van der Waals surface area contributed by atoms with Gasteiger partial charge < -0.3 is 10.5 Å². The molecule has 1 aromatic heterocycles. The normalized spacial score (nSPS) is 19.6. The van der Waals surface area contributed by atoms with Gasteiger partial charge in [0.15, 0.2) is 0 Å². The summed E-state index contributed by atoms with van der Waals surface area (Å²) in [6.07, 6.45) is 0.412. The molecule has 0 saturated heterocycles. The molecule has 100 valence electrons. The van der Waals surface area contributed by atoms with Gasteiger partial charge in [-0.1, -0.05) is 0 Å². The number of nitrogen functional groups attached to an aromatic ring is 1. The van der Waals surface area contributed by atoms with Crippen LogP contribution >= 0.6 is 0 Å². The molecule has 2 heterocycles. The number of amides is 1. The van der Waals surface area contributed by atoms with Crippen LogP contribution in [0.5, 0.6) is 0 Å². The number of anilines is 1. The minimum Gasteiger partial charge on any atom is -0.444 e. The third-order valence-electron chi connectivity index (χ3n) is 3.05. The van der Waals surface area contributed by atoms with Crippen molar-refractivity contribution in [3.63, 3.8) is 0 Å². The zero-order chi connectivity index (χ0) is 13.5. The molecular weight excluding hydrogens is 232 g/mol. The lowest BCUT2D eigenvalue weighted by Gasteiger charge is -2.34. The highest BCUT2D eigenvalue weighted by Crippen LogP contribution is 2.31. The minimum atomic E-state index is -0.482. The highest BCUT2D eigenvalue weighted by Gasteiger charge is 2.33. The van der Waals surface area contributed by atoms with Crippen molar-refractivity contribution in [1.82, 2.24) is 15.1 Å². The zero-order valence-electron chi connectivity index (χ0n) is 11.3. The number of carbonyl (C=O) groups is 1. The van der Waals surface area contributed by atoms with E-state index in [9.17, 15) is 4.79 Å². The standard InChI is InChI=1S/C12H20N4O2/c1-7-9-8(10(13)15-14-9)5-6-16(7)11(17)18-12(2,3)4/h7H,5-6H2,1-4H3,(H3,13,14,15). The molecule has 0 bridgehead atoms. The van der Waals surface area contributed by atoms with Gasteiger partial charge in [-0.15, -0.1) is 0 Å². The van der Waals surface area contributed by atoms with Gasteiger partial charge in [-0.25, -0.2) is 4.79 Å². The van der Waals surface area contributed by atoms with E-state index in [1.165, 1.54) is 0 Å². The minimum absolute atomic E-state index is 0.0894. The molecule has 0 aromatic carbocycles. The number of hydrogen-bond donors (Lipinski definition) is 2. The van der Waals surface area contributed by atoms with Crippen molar-refractivity contribution in [1.29, 1.82) is 0 Å². The number of nitrogens with two attached hydrogens (primary N) is 1. The molecule has 0 aliphatic carbocycles. The van der Waals surface area contributed by atoms with Crippen LogP contribution in [0.15, 0.2) is 0 Å². The van der Waals surface area contributed by atoms with Crippen LogP contribution in [0.2, 0.25) is 0 Å². The van der Waals surface area contributed by atoms with Crippen molar-refractivity contribution in [2.45, 2.75) is 45.8 Å². The Kier molecular flexibility index (Phi) is 2.96. The van der Waals surface area contributed by atoms with Crippen molar-refractivity contribution in [3.05, 3.63) is 11.3 Å². The highest BCUT2D eigenvalue weighted by molar-refractivity contribution is 5.69. The van der Waals surface area contributed by atoms with Gasteiger partial charge in [-0.05, 0) is 34.1 Å². The maximum atomic E-state index is 12.1. The molecule has 18 heavy (non-hydrogen) atoms. The number of fused-ring (bicyclic) bond motifs is 1. The van der Waals surface area contributed by atoms with E-state index in [2.05, 4.69) is 10.2 Å². The average Bonchev–Trinajstić information content (AvgIpc) is 2.59. The van der Waals surface area contributed by atoms with Crippen molar-refractivity contribution in [2.24, 2.45) is 0 Å². The quantitative estimate of drug-likeness (QED) is 0.738. The summed E-state index contributed by atoms with van der Waals surface area (Å²) in [5, 5.41) is 6.89. The topological polar surface area (TPSA) is 84.2 Å². The van der Waals surface area contributed by atoms with Crippen LogP contribution in [0, 0.1) is 0 Å². The number of carbonyl (C=O) groups excluding carboxylic acids is 1. The van der Waals surface area contributed by atoms with E-state index in [4.69, 9.17) is 10.5 Å². The van der Waals surface area contributed by atoms with E-state index in [0.717, 1.165) is 11.3 Å². The summed E-state index contributed by atoms with van der Waals surface area (Å²) in [6, 6.07) is -0.0894. The second kappa shape index (κ2) is 4.19. The van der Waals surface area contributed by atoms with Crippen LogP contribution in [-0.4, -0.2) is 33.3 Å². The summed E-state index contributed by atoms with van der Waals surface area (Å²) < 4.78 is 5.39. The fourth-order valence-corrected chi connectivity index (χ4v) is 2.15. The van der Waals surface area contributed by atoms with E-state index < -0.39 is 5.60 Å². The van der Waals surface area contributed by atoms with Crippen molar-refractivity contribution in [3.8, 4) is 0 Å². The Balaban J connectivity index is 2.17. The number of nitrogens with one attached hydrogen (secondary N) is 1. The lowest BCUT2D eigenvalue weighted by molar-refractivity contribution is 0.0156. The van der Waals surface area contributed by atoms with E-state index in [1.54, 1.807) is 4.90 Å². The maximum absolute atomic E-state index is 12.1. The molecule has 1 unspecified atom stereocenters. The Morgan fingerprint density at radius 3 is 2.83 bits per heavy atom. The summed E-state index contributed by atoms with van der Waals surface area (Å²) >= 11 is 0. The van der Waals surface area contributed by atoms with Crippen molar-refractivity contribution in [2.75, 3.05) is 12.3 Å². The molecule has 1 aliphatic heterocycles. The lowest BCUT2D eigenvalue weighted by Crippen LogP contribution is -2.42. The molecule has 1 aliphatic rings. The molecular formula is C12H20N4O2. The maximum Gasteiger partial charge on any atom is 0.410 e. The number of nitrogens with zero attached hydrogens (tertiary/aromatic N) is 2. The van der Waals surface area contributed by atoms with E-state index in [-0.39, 0.29) is 12.1 Å². The molecule has 3 N–H and O–H groups in total. The first-order valence-corrected chi connectivity index (χ1v) is 6.12. The van der Waals surface area contributed by atoms with Crippen LogP contribution in [0.1, 0.15) is 45.0 Å². The Morgan fingerprint density at radius 1 is 1.56 bits per heavy atom. The summed E-state index contributed by atoms with van der Waals surface area (Å²) in [7, 11) is 0. The molecule has 0 saturated carbocycles. The van der Waals surface area contributed by atoms with Gasteiger partial charge in [0.1, 0.15) is 11.4 Å². The molecule has 1 atom stereocenters. The molecule has 2 rings (SSSR count). The van der Waals surface area contributed by atoms with Gasteiger partial charge >= 0.3 is 6.09 Å². The fourth-order valence-electron chi connectivity index (χ4n) is 2.15. The van der Waals surface area contributed by atoms with Crippen molar-refractivity contribution < 1.29 is 9.53 Å². The molecule has 1 aromatic rings.